The van der Waals surface area contributed by atoms with E-state index < -0.39 is 204 Å². The summed E-state index contributed by atoms with van der Waals surface area (Å²) in [5.74, 6) is -15.4. The molecule has 38 nitrogen and oxygen atoms in total. The molecule has 2 saturated heterocycles. The summed E-state index contributed by atoms with van der Waals surface area (Å²) in [4.78, 5) is 224. The number of nitrogens with zero attached hydrogens (tertiary/aromatic N) is 4. The van der Waals surface area contributed by atoms with Crippen molar-refractivity contribution in [3.05, 3.63) is 72.3 Å². The summed E-state index contributed by atoms with van der Waals surface area (Å²) in [7, 11) is 0. The lowest BCUT2D eigenvalue weighted by atomic mass is 9.96. The number of thioether (sulfide) groups is 2. The van der Waals surface area contributed by atoms with Crippen LogP contribution in [-0.4, -0.2) is 290 Å². The number of carboxylic acids is 2. The van der Waals surface area contributed by atoms with E-state index in [-0.39, 0.29) is 95.2 Å². The topological polar surface area (TPSA) is 579 Å². The Hall–Kier alpha value is -9.42. The highest BCUT2D eigenvalue weighted by Crippen LogP contribution is 2.27. The Morgan fingerprint density at radius 1 is 0.522 bits per heavy atom. The van der Waals surface area contributed by atoms with Gasteiger partial charge in [0.05, 0.1) is 37.5 Å². The average Bonchev–Trinajstić information content (AvgIpc) is 1.67. The quantitative estimate of drug-likeness (QED) is 0.0240. The van der Waals surface area contributed by atoms with Crippen LogP contribution in [-0.2, 0) is 91.2 Å². The van der Waals surface area contributed by atoms with E-state index in [1.165, 1.54) is 72.2 Å². The summed E-state index contributed by atoms with van der Waals surface area (Å²) < 4.78 is 0. The normalized spacial score (nSPS) is 18.3. The van der Waals surface area contributed by atoms with Crippen molar-refractivity contribution in [2.45, 2.75) is 222 Å². The van der Waals surface area contributed by atoms with Gasteiger partial charge in [0.25, 0.3) is 0 Å². The number of H-pyrrole nitrogens is 2. The summed E-state index contributed by atoms with van der Waals surface area (Å²) >= 11 is 6.83. The van der Waals surface area contributed by atoms with Gasteiger partial charge in [0, 0.05) is 68.3 Å². The summed E-state index contributed by atoms with van der Waals surface area (Å²) in [5, 5.41) is 79.9. The number of carbonyl (C=O) groups is 15. The molecule has 2 aromatic heterocycles. The zero-order chi connectivity index (χ0) is 83.8. The first kappa shape index (κ1) is 94.2. The van der Waals surface area contributed by atoms with Crippen LogP contribution in [0.5, 0.6) is 0 Å². The number of benzene rings is 1. The van der Waals surface area contributed by atoms with E-state index in [0.717, 1.165) is 0 Å². The molecular formula is C72H110N18O20S3. The second-order valence-corrected chi connectivity index (χ2v) is 30.4. The molecule has 2 aliphatic rings. The van der Waals surface area contributed by atoms with E-state index in [1.54, 1.807) is 70.5 Å². The Bertz CT molecular complexity index is 3680. The number of aliphatic hydroxyl groups is 3. The largest absolute Gasteiger partial charge is 0.481 e. The number of nitrogens with one attached hydrogen (secondary N) is 13. The van der Waals surface area contributed by atoms with Gasteiger partial charge in [0.1, 0.15) is 78.5 Å². The van der Waals surface area contributed by atoms with E-state index in [4.69, 9.17) is 10.8 Å². The van der Waals surface area contributed by atoms with Gasteiger partial charge in [-0.1, -0.05) is 70.9 Å². The summed E-state index contributed by atoms with van der Waals surface area (Å²) in [6, 6.07) is -12.0. The fourth-order valence-electron chi connectivity index (χ4n) is 12.6. The number of carboxylic acid groups (broad SMARTS) is 2. The van der Waals surface area contributed by atoms with Crippen molar-refractivity contribution >= 4 is 125 Å². The van der Waals surface area contributed by atoms with Gasteiger partial charge < -0.3 is 110 Å². The zero-order valence-electron chi connectivity index (χ0n) is 64.5. The summed E-state index contributed by atoms with van der Waals surface area (Å²) in [6.07, 6.45) is 6.03. The molecule has 20 N–H and O–H groups in total. The number of hydrogen-bond donors (Lipinski definition) is 20. The molecule has 2 fully saturated rings. The minimum absolute atomic E-state index is 0.0133. The van der Waals surface area contributed by atoms with Gasteiger partial charge >= 0.3 is 11.9 Å². The van der Waals surface area contributed by atoms with Gasteiger partial charge in [-0.15, -0.1) is 0 Å². The lowest BCUT2D eigenvalue weighted by molar-refractivity contribution is -0.147. The van der Waals surface area contributed by atoms with Crippen LogP contribution in [0, 0.1) is 11.8 Å². The van der Waals surface area contributed by atoms with Crippen molar-refractivity contribution in [1.29, 1.82) is 0 Å². The maximum atomic E-state index is 14.7. The number of aliphatic hydroxyl groups excluding tert-OH is 3. The molecule has 5 rings (SSSR count). The van der Waals surface area contributed by atoms with Crippen molar-refractivity contribution in [1.82, 2.24) is 88.2 Å². The molecule has 18 atom stereocenters. The summed E-state index contributed by atoms with van der Waals surface area (Å²) in [5.41, 5.74) is 7.25. The Balaban J connectivity index is 1.30. The number of carbonyl (C=O) groups excluding carboxylic acids is 13. The van der Waals surface area contributed by atoms with Gasteiger partial charge in [-0.05, 0) is 100 Å². The third-order valence-electron chi connectivity index (χ3n) is 19.6. The van der Waals surface area contributed by atoms with Gasteiger partial charge in [0.2, 0.25) is 76.8 Å². The molecule has 13 amide bonds. The van der Waals surface area contributed by atoms with Crippen LogP contribution in [0.15, 0.2) is 55.4 Å². The number of aliphatic carboxylic acids is 2. The predicted octanol–water partition coefficient (Wildman–Crippen LogP) is -3.97. The third-order valence-corrected chi connectivity index (χ3v) is 21.2. The van der Waals surface area contributed by atoms with Crippen LogP contribution in [0.2, 0.25) is 0 Å². The second-order valence-electron chi connectivity index (χ2n) is 28.1. The molecule has 1 aromatic carbocycles. The third kappa shape index (κ3) is 28.9. The first-order chi connectivity index (χ1) is 53.7. The second kappa shape index (κ2) is 47.3. The Morgan fingerprint density at radius 3 is 1.39 bits per heavy atom. The molecule has 3 aromatic rings. The fraction of sp³-hybridized carbons (Fsp3) is 0.625. The van der Waals surface area contributed by atoms with Crippen LogP contribution in [0.25, 0.3) is 0 Å². The van der Waals surface area contributed by atoms with Crippen LogP contribution in [0.1, 0.15) is 123 Å². The van der Waals surface area contributed by atoms with Crippen molar-refractivity contribution in [2.24, 2.45) is 17.6 Å². The van der Waals surface area contributed by atoms with Gasteiger partial charge in [-0.25, -0.2) is 14.8 Å². The standard InChI is InChI=1S/C72H110N18O20S3/c1-9-37(3)55(66(103)81-48(29-42-31-74-35-76-42)62(99)88-57(39(5)92)68(105)79-45(22-26-112-7)59(96)84-51(34-111)64(101)82-49(72(109)110)30-43-32-75-36-77-43)86-63(100)50(33-91)83-67(104)56(38(4)10-2)85-61(98)47(28-41-16-12-11-13-17-41)80-69(106)58(40(6)93)87-60(97)46(23-27-113-8)78-65(102)52-18-14-24-89(52)71(108)53-19-15-25-90(53)70(107)44(73)20-21-54(94)95/h11-13,16-17,31-32,35-40,44-53,55-58,91-93,111H,9-10,14-15,18-30,33-34,73H2,1-8H3,(H,74,76)(H,75,77)(H,78,102)(H,79,105)(H,80,106)(H,81,103)(H,82,101)(H,83,104)(H,84,96)(H,85,98)(H,86,100)(H,87,97)(H,88,99)(H,94,95)(H,109,110)/t37-,38-,39+,40+,44-,45-,46-,47-,48-,49-,50-,51-,52-,53-,55-,56-,57-,58-/m0/s1. The van der Waals surface area contributed by atoms with Crippen molar-refractivity contribution in [3.63, 3.8) is 0 Å². The number of thiol groups is 1. The number of aromatic nitrogens is 4. The zero-order valence-corrected chi connectivity index (χ0v) is 67.0. The van der Waals surface area contributed by atoms with Crippen LogP contribution < -0.4 is 64.2 Å². The van der Waals surface area contributed by atoms with Crippen LogP contribution >= 0.6 is 36.2 Å². The van der Waals surface area contributed by atoms with E-state index in [9.17, 15) is 92.3 Å². The molecular weight excluding hydrogens is 1530 g/mol. The fourth-order valence-corrected chi connectivity index (χ4v) is 13.8. The molecule has 0 saturated carbocycles. The maximum Gasteiger partial charge on any atom is 0.326 e. The number of aromatic amines is 2. The lowest BCUT2D eigenvalue weighted by Gasteiger charge is -2.33. The van der Waals surface area contributed by atoms with E-state index in [1.807, 2.05) is 0 Å². The van der Waals surface area contributed by atoms with Crippen molar-refractivity contribution < 1.29 is 97.5 Å². The number of amides is 13. The Morgan fingerprint density at radius 2 is 0.929 bits per heavy atom. The number of hydrogen-bond acceptors (Lipinski definition) is 24. The highest BCUT2D eigenvalue weighted by molar-refractivity contribution is 7.98. The van der Waals surface area contributed by atoms with Gasteiger partial charge in [-0.3, -0.25) is 67.1 Å². The van der Waals surface area contributed by atoms with Gasteiger partial charge in [-0.2, -0.15) is 36.2 Å². The molecule has 0 unspecified atom stereocenters. The monoisotopic (exact) mass is 1640 g/mol. The molecule has 41 heteroatoms. The minimum atomic E-state index is -1.81. The Kier molecular flexibility index (Phi) is 39.4. The number of nitrogens with two attached hydrogens (primary N) is 1. The number of likely N-dealkylation sites (tertiary alicyclic amines) is 2. The number of rotatable bonds is 48. The molecule has 626 valence electrons. The molecule has 4 heterocycles. The molecule has 0 radical (unpaired) electrons. The maximum absolute atomic E-state index is 14.7. The molecule has 2 aliphatic heterocycles. The van der Waals surface area contributed by atoms with E-state index >= 15 is 0 Å². The first-order valence-corrected chi connectivity index (χ1v) is 40.8. The summed E-state index contributed by atoms with van der Waals surface area (Å²) in [6.45, 7) is 8.23. The molecule has 0 spiro atoms. The van der Waals surface area contributed by atoms with E-state index in [2.05, 4.69) is 91.0 Å². The highest BCUT2D eigenvalue weighted by atomic mass is 32.2. The molecule has 0 aliphatic carbocycles. The highest BCUT2D eigenvalue weighted by Gasteiger charge is 2.45. The SMILES string of the molecule is CC[C@H](C)[C@H](NC(=O)[C@H](CO)NC(=O)[C@@H](NC(=O)[C@H](Cc1ccccc1)NC(=O)[C@@H](NC(=O)[C@H](CCSC)NC(=O)[C@@H]1CCCN1C(=O)[C@@H]1CCCN1C(=O)[C@@H](N)CCC(=O)O)[C@@H](C)O)[C@@H](C)CC)C(=O)N[C@@H](Cc1cnc[nH]1)C(=O)N[C@H](C(=O)N[C@@H](CCSC)C(=O)N[C@@H](CS)C(=O)N[C@@H](Cc1cnc[nH]1)C(=O)O)[C@@H](C)O. The number of imidazole rings is 2. The lowest BCUT2D eigenvalue weighted by Crippen LogP contribution is -2.63. The molecule has 113 heavy (non-hydrogen) atoms. The van der Waals surface area contributed by atoms with E-state index in [0.29, 0.717) is 35.5 Å². The van der Waals surface area contributed by atoms with Gasteiger partial charge in [0.15, 0.2) is 0 Å². The molecule has 0 bridgehead atoms. The average molecular weight is 1640 g/mol. The predicted molar refractivity (Wildman–Crippen MR) is 417 cm³/mol. The van der Waals surface area contributed by atoms with Crippen LogP contribution in [0.3, 0.4) is 0 Å². The Labute approximate surface area is 668 Å². The minimum Gasteiger partial charge on any atom is -0.481 e. The van der Waals surface area contributed by atoms with Crippen molar-refractivity contribution in [2.75, 3.05) is 49.5 Å². The van der Waals surface area contributed by atoms with Crippen molar-refractivity contribution in [3.8, 4) is 0 Å². The van der Waals surface area contributed by atoms with Crippen LogP contribution in [0.4, 0.5) is 0 Å². The first-order valence-electron chi connectivity index (χ1n) is 37.4. The smallest absolute Gasteiger partial charge is 0.326 e.